The third-order valence-corrected chi connectivity index (χ3v) is 2.01. The van der Waals surface area contributed by atoms with E-state index in [2.05, 4.69) is 26.5 Å². The molecule has 0 saturated carbocycles. The summed E-state index contributed by atoms with van der Waals surface area (Å²) in [4.78, 5) is 10.2. The summed E-state index contributed by atoms with van der Waals surface area (Å²) in [6.45, 7) is 4.15. The van der Waals surface area contributed by atoms with Crippen LogP contribution in [-0.2, 0) is 0 Å². The van der Waals surface area contributed by atoms with E-state index in [0.29, 0.717) is 5.92 Å². The second-order valence-electron chi connectivity index (χ2n) is 1.97. The molecule has 0 fully saturated rings. The van der Waals surface area contributed by atoms with Crippen molar-refractivity contribution in [2.45, 2.75) is 13.8 Å². The van der Waals surface area contributed by atoms with E-state index in [1.54, 1.807) is 0 Å². The standard InChI is InChI=1S/C5H10OS2.K.H/c1-4(2)3-8-5(6)7;;/h4H,3H2,1-2H3,(H,6,7);;. The molecule has 0 atom stereocenters. The van der Waals surface area contributed by atoms with Gasteiger partial charge >= 0.3 is 51.4 Å². The van der Waals surface area contributed by atoms with Crippen LogP contribution in [0.2, 0.25) is 0 Å². The van der Waals surface area contributed by atoms with Gasteiger partial charge < -0.3 is 0 Å². The van der Waals surface area contributed by atoms with Gasteiger partial charge in [0, 0.05) is 5.75 Å². The first-order valence-corrected chi connectivity index (χ1v) is 3.92. The Balaban J connectivity index is 0. The Kier molecular flexibility index (Phi) is 12.2. The Labute approximate surface area is 109 Å². The van der Waals surface area contributed by atoms with Gasteiger partial charge in [0.15, 0.2) is 0 Å². The molecule has 0 aromatic rings. The molecule has 0 aliphatic heterocycles. The van der Waals surface area contributed by atoms with Gasteiger partial charge in [-0.15, -0.1) is 0 Å². The van der Waals surface area contributed by atoms with E-state index in [9.17, 15) is 4.79 Å². The average molecular weight is 190 g/mol. The fourth-order valence-corrected chi connectivity index (χ4v) is 0.937. The van der Waals surface area contributed by atoms with E-state index in [1.165, 1.54) is 11.8 Å². The molecule has 0 amide bonds. The first-order chi connectivity index (χ1) is 3.63. The maximum absolute atomic E-state index is 10.2. The molecule has 0 aromatic carbocycles. The van der Waals surface area contributed by atoms with Crippen LogP contribution in [0.25, 0.3) is 0 Å². The molecule has 50 valence electrons. The molecule has 0 radical (unpaired) electrons. The third-order valence-electron chi connectivity index (χ3n) is 0.540. The van der Waals surface area contributed by atoms with Gasteiger partial charge in [0.2, 0.25) is 4.45 Å². The van der Waals surface area contributed by atoms with Gasteiger partial charge in [-0.25, -0.2) is 0 Å². The number of thioether (sulfide) groups is 1. The van der Waals surface area contributed by atoms with Crippen LogP contribution in [-0.4, -0.2) is 61.6 Å². The molecule has 0 heterocycles. The van der Waals surface area contributed by atoms with Crippen molar-refractivity contribution in [3.8, 4) is 0 Å². The Bertz CT molecular complexity index is 85.0. The molecule has 0 unspecified atom stereocenters. The number of carbonyl (C=O) groups excluding carboxylic acids is 1. The van der Waals surface area contributed by atoms with E-state index in [1.807, 2.05) is 0 Å². The quantitative estimate of drug-likeness (QED) is 0.528. The first-order valence-electron chi connectivity index (χ1n) is 2.48. The predicted molar refractivity (Wildman–Crippen MR) is 48.8 cm³/mol. The minimum absolute atomic E-state index is 0. The molecule has 0 N–H and O–H groups in total. The fraction of sp³-hybridized carbons (Fsp3) is 0.800. The van der Waals surface area contributed by atoms with Crippen LogP contribution in [0.15, 0.2) is 0 Å². The van der Waals surface area contributed by atoms with Crippen molar-refractivity contribution < 1.29 is 4.79 Å². The summed E-state index contributed by atoms with van der Waals surface area (Å²) in [5.41, 5.74) is 0. The SMILES string of the molecule is CC(C)CSC(=O)S.[KH]. The first kappa shape index (κ1) is 13.6. The molecule has 0 rings (SSSR count). The number of thiol groups is 1. The predicted octanol–water partition coefficient (Wildman–Crippen LogP) is 1.78. The van der Waals surface area contributed by atoms with Crippen LogP contribution < -0.4 is 0 Å². The zero-order valence-electron chi connectivity index (χ0n) is 5.05. The summed E-state index contributed by atoms with van der Waals surface area (Å²) in [5.74, 6) is 1.46. The number of hydrogen-bond donors (Lipinski definition) is 1. The van der Waals surface area contributed by atoms with E-state index >= 15 is 0 Å². The zero-order valence-corrected chi connectivity index (χ0v) is 6.76. The van der Waals surface area contributed by atoms with Crippen molar-refractivity contribution in [1.29, 1.82) is 0 Å². The summed E-state index contributed by atoms with van der Waals surface area (Å²) >= 11 is 4.86. The molecule has 0 aliphatic carbocycles. The second-order valence-corrected chi connectivity index (χ2v) is 3.67. The zero-order chi connectivity index (χ0) is 6.57. The molecule has 0 aromatic heterocycles. The Hall–Kier alpha value is 2.01. The van der Waals surface area contributed by atoms with Gasteiger partial charge in [-0.1, -0.05) is 38.2 Å². The second kappa shape index (κ2) is 8.11. The van der Waals surface area contributed by atoms with Crippen molar-refractivity contribution in [2.24, 2.45) is 5.92 Å². The molecular weight excluding hydrogens is 179 g/mol. The Morgan fingerprint density at radius 1 is 1.67 bits per heavy atom. The topological polar surface area (TPSA) is 17.1 Å². The van der Waals surface area contributed by atoms with Crippen molar-refractivity contribution in [2.75, 3.05) is 5.75 Å². The van der Waals surface area contributed by atoms with Gasteiger partial charge in [-0.2, -0.15) is 0 Å². The molecule has 0 aliphatic rings. The summed E-state index contributed by atoms with van der Waals surface area (Å²) < 4.78 is -0.0845. The van der Waals surface area contributed by atoms with Crippen molar-refractivity contribution in [3.63, 3.8) is 0 Å². The average Bonchev–Trinajstić information content (AvgIpc) is 1.61. The Morgan fingerprint density at radius 3 is 2.22 bits per heavy atom. The molecule has 4 heteroatoms. The molecule has 0 saturated heterocycles. The Morgan fingerprint density at radius 2 is 2.11 bits per heavy atom. The third kappa shape index (κ3) is 13.1. The molecule has 0 spiro atoms. The van der Waals surface area contributed by atoms with E-state index in [4.69, 9.17) is 0 Å². The monoisotopic (exact) mass is 190 g/mol. The maximum atomic E-state index is 10.2. The van der Waals surface area contributed by atoms with Gasteiger partial charge in [0.25, 0.3) is 0 Å². The normalized spacial score (nSPS) is 8.89. The van der Waals surface area contributed by atoms with Crippen LogP contribution in [0.3, 0.4) is 0 Å². The summed E-state index contributed by atoms with van der Waals surface area (Å²) in [5, 5.41) is 0. The van der Waals surface area contributed by atoms with E-state index in [-0.39, 0.29) is 55.8 Å². The summed E-state index contributed by atoms with van der Waals surface area (Å²) in [6, 6.07) is 0. The van der Waals surface area contributed by atoms with E-state index in [0.717, 1.165) is 5.75 Å². The molecule has 0 bridgehead atoms. The molecule has 1 nitrogen and oxygen atoms in total. The van der Waals surface area contributed by atoms with Crippen molar-refractivity contribution in [1.82, 2.24) is 0 Å². The van der Waals surface area contributed by atoms with E-state index < -0.39 is 0 Å². The molecular formula is C5H11KOS2. The van der Waals surface area contributed by atoms with Crippen LogP contribution in [0.1, 0.15) is 13.8 Å². The van der Waals surface area contributed by atoms with Crippen LogP contribution in [0.4, 0.5) is 4.79 Å². The number of rotatable bonds is 2. The van der Waals surface area contributed by atoms with Crippen LogP contribution >= 0.6 is 24.4 Å². The van der Waals surface area contributed by atoms with Crippen LogP contribution in [0, 0.1) is 5.92 Å². The van der Waals surface area contributed by atoms with Gasteiger partial charge in [-0.05, 0) is 5.92 Å². The van der Waals surface area contributed by atoms with Crippen LogP contribution in [0.5, 0.6) is 0 Å². The summed E-state index contributed by atoms with van der Waals surface area (Å²) in [6.07, 6.45) is 0. The van der Waals surface area contributed by atoms with Gasteiger partial charge in [-0.3, -0.25) is 4.79 Å². The summed E-state index contributed by atoms with van der Waals surface area (Å²) in [7, 11) is 0. The van der Waals surface area contributed by atoms with Crippen molar-refractivity contribution in [3.05, 3.63) is 0 Å². The van der Waals surface area contributed by atoms with Gasteiger partial charge in [0.1, 0.15) is 0 Å². The fourth-order valence-electron chi connectivity index (χ4n) is 0.238. The number of carbonyl (C=O) groups is 1. The molecule has 9 heavy (non-hydrogen) atoms. The van der Waals surface area contributed by atoms with Gasteiger partial charge in [0.05, 0.1) is 0 Å². The number of hydrogen-bond acceptors (Lipinski definition) is 2. The minimum atomic E-state index is -0.0845. The van der Waals surface area contributed by atoms with Crippen molar-refractivity contribution >= 4 is 80.2 Å².